The van der Waals surface area contributed by atoms with Gasteiger partial charge in [0, 0.05) is 46.5 Å². The number of benzene rings is 4. The second-order valence-electron chi connectivity index (χ2n) is 15.4. The lowest BCUT2D eigenvalue weighted by Gasteiger charge is -2.10. The molecule has 6 heterocycles. The van der Waals surface area contributed by atoms with Crippen LogP contribution < -0.4 is 11.1 Å². The highest BCUT2D eigenvalue weighted by Crippen LogP contribution is 2.25. The standard InChI is InChI=1S/C27H26FN7O.C21H16N6/c1-34(2)14-4-13-30-27(36)21-8-7-20(16-22(21)28)24-10-11-25-26(31-24)35(33-32-25)17-18-6-9-23-19(15-18)5-3-12-29-23;22-17-5-1-3-16(12-17)19-8-9-20-21(24-19)27(26-25-20)13-14-6-7-18-15(11-14)4-2-10-23-18/h3,5-12,15-16H,4,13-14,17H2,1-2H3,(H,30,36);1-12H,13,22H2. The summed E-state index contributed by atoms with van der Waals surface area (Å²) in [7, 11) is 3.94. The number of amides is 1. The number of hydrogen-bond acceptors (Lipinski definition) is 11. The molecule has 0 aliphatic heterocycles. The number of pyridine rings is 4. The zero-order valence-electron chi connectivity index (χ0n) is 34.6. The summed E-state index contributed by atoms with van der Waals surface area (Å²) in [6.07, 6.45) is 4.36. The molecule has 1 amide bonds. The van der Waals surface area contributed by atoms with Gasteiger partial charge in [0.2, 0.25) is 0 Å². The summed E-state index contributed by atoms with van der Waals surface area (Å²) in [5.41, 5.74) is 16.4. The quantitative estimate of drug-likeness (QED) is 0.0972. The van der Waals surface area contributed by atoms with Gasteiger partial charge in [-0.1, -0.05) is 52.9 Å². The topological polar surface area (TPSA) is 171 Å². The smallest absolute Gasteiger partial charge is 0.254 e. The Morgan fingerprint density at radius 1 is 0.651 bits per heavy atom. The first-order chi connectivity index (χ1) is 30.7. The molecule has 4 aromatic carbocycles. The van der Waals surface area contributed by atoms with Crippen molar-refractivity contribution in [3.63, 3.8) is 0 Å². The van der Waals surface area contributed by atoms with Crippen LogP contribution in [0.3, 0.4) is 0 Å². The third-order valence-corrected chi connectivity index (χ3v) is 10.5. The van der Waals surface area contributed by atoms with Crippen molar-refractivity contribution in [1.29, 1.82) is 0 Å². The van der Waals surface area contributed by atoms with Gasteiger partial charge >= 0.3 is 0 Å². The molecule has 14 nitrogen and oxygen atoms in total. The molecule has 0 atom stereocenters. The first kappa shape index (κ1) is 40.4. The second-order valence-corrected chi connectivity index (χ2v) is 15.4. The summed E-state index contributed by atoms with van der Waals surface area (Å²) >= 11 is 0. The molecule has 63 heavy (non-hydrogen) atoms. The van der Waals surface area contributed by atoms with E-state index in [1.165, 1.54) is 12.1 Å². The fourth-order valence-corrected chi connectivity index (χ4v) is 7.28. The van der Waals surface area contributed by atoms with Crippen LogP contribution in [0.2, 0.25) is 0 Å². The van der Waals surface area contributed by atoms with Crippen molar-refractivity contribution in [2.24, 2.45) is 0 Å². The molecule has 0 saturated heterocycles. The van der Waals surface area contributed by atoms with Gasteiger partial charge in [0.05, 0.1) is 41.1 Å². The molecule has 0 aliphatic carbocycles. The molecule has 0 unspecified atom stereocenters. The normalized spacial score (nSPS) is 11.4. The van der Waals surface area contributed by atoms with Crippen LogP contribution >= 0.6 is 0 Å². The molecule has 0 saturated carbocycles. The molecular weight excluding hydrogens is 794 g/mol. The Morgan fingerprint density at radius 3 is 1.78 bits per heavy atom. The minimum absolute atomic E-state index is 0.0159. The van der Waals surface area contributed by atoms with Crippen LogP contribution in [0, 0.1) is 5.82 Å². The van der Waals surface area contributed by atoms with Crippen molar-refractivity contribution in [1.82, 2.24) is 60.1 Å². The van der Waals surface area contributed by atoms with Crippen molar-refractivity contribution >= 4 is 55.7 Å². The molecule has 10 rings (SSSR count). The summed E-state index contributed by atoms with van der Waals surface area (Å²) in [6.45, 7) is 2.41. The number of carbonyl (C=O) groups excluding carboxylic acids is 1. The Kier molecular flexibility index (Phi) is 11.5. The molecule has 312 valence electrons. The Morgan fingerprint density at radius 2 is 1.22 bits per heavy atom. The van der Waals surface area contributed by atoms with Crippen LogP contribution in [0.1, 0.15) is 27.9 Å². The number of aromatic nitrogens is 10. The maximum Gasteiger partial charge on any atom is 0.254 e. The molecular formula is C48H42FN13O. The minimum Gasteiger partial charge on any atom is -0.399 e. The van der Waals surface area contributed by atoms with Gasteiger partial charge in [0.15, 0.2) is 11.3 Å². The van der Waals surface area contributed by atoms with E-state index >= 15 is 0 Å². The molecule has 15 heteroatoms. The van der Waals surface area contributed by atoms with E-state index in [0.29, 0.717) is 47.7 Å². The highest BCUT2D eigenvalue weighted by Gasteiger charge is 2.15. The van der Waals surface area contributed by atoms with Gasteiger partial charge in [-0.2, -0.15) is 0 Å². The lowest BCUT2D eigenvalue weighted by Crippen LogP contribution is -2.27. The molecule has 0 radical (unpaired) electrons. The van der Waals surface area contributed by atoms with Crippen molar-refractivity contribution in [2.45, 2.75) is 19.5 Å². The lowest BCUT2D eigenvalue weighted by atomic mass is 10.1. The second kappa shape index (κ2) is 17.9. The highest BCUT2D eigenvalue weighted by atomic mass is 19.1. The summed E-state index contributed by atoms with van der Waals surface area (Å²) in [6, 6.07) is 39.9. The first-order valence-electron chi connectivity index (χ1n) is 20.4. The minimum atomic E-state index is -0.587. The molecule has 10 aromatic rings. The van der Waals surface area contributed by atoms with E-state index in [9.17, 15) is 9.18 Å². The van der Waals surface area contributed by atoms with Gasteiger partial charge in [-0.15, -0.1) is 10.2 Å². The fourth-order valence-electron chi connectivity index (χ4n) is 7.28. The predicted octanol–water partition coefficient (Wildman–Crippen LogP) is 7.58. The number of fused-ring (bicyclic) bond motifs is 4. The molecule has 3 N–H and O–H groups in total. The van der Waals surface area contributed by atoms with Gasteiger partial charge in [-0.05, 0) is 123 Å². The lowest BCUT2D eigenvalue weighted by molar-refractivity contribution is 0.0948. The molecule has 0 bridgehead atoms. The Hall–Kier alpha value is -8.04. The first-order valence-corrected chi connectivity index (χ1v) is 20.4. The van der Waals surface area contributed by atoms with Crippen molar-refractivity contribution < 1.29 is 9.18 Å². The van der Waals surface area contributed by atoms with E-state index in [1.54, 1.807) is 29.2 Å². The monoisotopic (exact) mass is 835 g/mol. The van der Waals surface area contributed by atoms with Crippen LogP contribution in [0.4, 0.5) is 10.1 Å². The summed E-state index contributed by atoms with van der Waals surface area (Å²) < 4.78 is 18.4. The van der Waals surface area contributed by atoms with E-state index in [4.69, 9.17) is 15.7 Å². The average Bonchev–Trinajstić information content (AvgIpc) is 3.90. The van der Waals surface area contributed by atoms with Gasteiger partial charge < -0.3 is 16.0 Å². The molecule has 0 aliphatic rings. The van der Waals surface area contributed by atoms with E-state index < -0.39 is 11.7 Å². The van der Waals surface area contributed by atoms with Gasteiger partial charge in [-0.25, -0.2) is 23.7 Å². The summed E-state index contributed by atoms with van der Waals surface area (Å²) in [5.74, 6) is -1.01. The SMILES string of the molecule is CN(C)CCCNC(=O)c1ccc(-c2ccc3nnn(Cc4ccc5ncccc5c4)c3n2)cc1F.Nc1cccc(-c2ccc3nnn(Cc4ccc5ncccc5c4)c3n2)c1. The third-order valence-electron chi connectivity index (χ3n) is 10.5. The van der Waals surface area contributed by atoms with Crippen LogP contribution in [-0.2, 0) is 13.1 Å². The van der Waals surface area contributed by atoms with Crippen molar-refractivity contribution in [3.05, 3.63) is 162 Å². The molecule has 0 fully saturated rings. The Bertz CT molecular complexity index is 3250. The molecule has 0 spiro atoms. The van der Waals surface area contributed by atoms with Crippen LogP contribution in [0.25, 0.3) is 66.6 Å². The largest absolute Gasteiger partial charge is 0.399 e. The highest BCUT2D eigenvalue weighted by molar-refractivity contribution is 5.95. The van der Waals surface area contributed by atoms with E-state index in [2.05, 4.69) is 60.2 Å². The van der Waals surface area contributed by atoms with Crippen LogP contribution in [0.5, 0.6) is 0 Å². The maximum atomic E-state index is 14.8. The summed E-state index contributed by atoms with van der Waals surface area (Å²) in [4.78, 5) is 32.6. The Balaban J connectivity index is 0.000000166. The summed E-state index contributed by atoms with van der Waals surface area (Å²) in [5, 5.41) is 21.9. The maximum absolute atomic E-state index is 14.8. The van der Waals surface area contributed by atoms with Gasteiger partial charge in [-0.3, -0.25) is 14.8 Å². The van der Waals surface area contributed by atoms with Crippen LogP contribution in [0.15, 0.2) is 140 Å². The van der Waals surface area contributed by atoms with Crippen molar-refractivity contribution in [2.75, 3.05) is 32.9 Å². The number of nitrogens with zero attached hydrogens (tertiary/aromatic N) is 11. The number of carbonyl (C=O) groups is 1. The predicted molar refractivity (Wildman–Crippen MR) is 243 cm³/mol. The number of nitrogen functional groups attached to an aromatic ring is 1. The van der Waals surface area contributed by atoms with E-state index in [0.717, 1.165) is 68.3 Å². The van der Waals surface area contributed by atoms with Crippen LogP contribution in [-0.4, -0.2) is 87.9 Å². The molecule has 6 aromatic heterocycles. The van der Waals surface area contributed by atoms with E-state index in [-0.39, 0.29) is 5.56 Å². The zero-order valence-corrected chi connectivity index (χ0v) is 34.6. The third kappa shape index (κ3) is 9.18. The zero-order chi connectivity index (χ0) is 43.3. The Labute approximate surface area is 361 Å². The van der Waals surface area contributed by atoms with E-state index in [1.807, 2.05) is 103 Å². The van der Waals surface area contributed by atoms with Gasteiger partial charge in [0.1, 0.15) is 16.9 Å². The van der Waals surface area contributed by atoms with Gasteiger partial charge in [0.25, 0.3) is 5.91 Å². The number of nitrogens with one attached hydrogen (secondary N) is 1. The number of anilines is 1. The number of hydrogen-bond donors (Lipinski definition) is 2. The number of rotatable bonds is 11. The van der Waals surface area contributed by atoms with Crippen molar-refractivity contribution in [3.8, 4) is 22.5 Å². The number of nitrogens with two attached hydrogens (primary N) is 1. The number of halogens is 1. The average molecular weight is 836 g/mol. The fraction of sp³-hybridized carbons (Fsp3) is 0.146.